The van der Waals surface area contributed by atoms with E-state index in [1.165, 1.54) is 0 Å². The fourth-order valence-corrected chi connectivity index (χ4v) is 1.13. The Morgan fingerprint density at radius 3 is 2.70 bits per heavy atom. The van der Waals surface area contributed by atoms with Crippen LogP contribution in [-0.2, 0) is 9.47 Å². The second-order valence-electron chi connectivity index (χ2n) is 3.07. The smallest absolute Gasteiger partial charge is 0.0980 e. The van der Waals surface area contributed by atoms with E-state index < -0.39 is 0 Å². The standard InChI is InChI=1S/C7H15NO2/c1-7(2)6(9-3)4-8-5-10-7/h6,8H,4-5H2,1-3H3. The molecule has 0 amide bonds. The van der Waals surface area contributed by atoms with Crippen LogP contribution in [0.5, 0.6) is 0 Å². The molecule has 1 aliphatic heterocycles. The first kappa shape index (κ1) is 7.98. The third-order valence-corrected chi connectivity index (χ3v) is 1.94. The summed E-state index contributed by atoms with van der Waals surface area (Å²) in [6.07, 6.45) is 0.168. The van der Waals surface area contributed by atoms with Gasteiger partial charge in [0.2, 0.25) is 0 Å². The second-order valence-corrected chi connectivity index (χ2v) is 3.07. The van der Waals surface area contributed by atoms with Crippen molar-refractivity contribution >= 4 is 0 Å². The van der Waals surface area contributed by atoms with E-state index in [4.69, 9.17) is 9.47 Å². The van der Waals surface area contributed by atoms with E-state index in [2.05, 4.69) is 5.32 Å². The van der Waals surface area contributed by atoms with Gasteiger partial charge in [0.25, 0.3) is 0 Å². The van der Waals surface area contributed by atoms with E-state index in [1.54, 1.807) is 7.11 Å². The topological polar surface area (TPSA) is 30.5 Å². The lowest BCUT2D eigenvalue weighted by Gasteiger charge is -2.37. The van der Waals surface area contributed by atoms with E-state index in [1.807, 2.05) is 13.8 Å². The number of methoxy groups -OCH3 is 1. The molecule has 0 bridgehead atoms. The highest BCUT2D eigenvalue weighted by molar-refractivity contribution is 4.84. The van der Waals surface area contributed by atoms with E-state index in [-0.39, 0.29) is 11.7 Å². The molecule has 60 valence electrons. The van der Waals surface area contributed by atoms with Gasteiger partial charge in [-0.3, -0.25) is 5.32 Å². The predicted molar refractivity (Wildman–Crippen MR) is 38.8 cm³/mol. The fourth-order valence-electron chi connectivity index (χ4n) is 1.13. The summed E-state index contributed by atoms with van der Waals surface area (Å²) in [4.78, 5) is 0. The molecule has 0 aliphatic carbocycles. The third kappa shape index (κ3) is 1.48. The lowest BCUT2D eigenvalue weighted by molar-refractivity contribution is -0.146. The normalized spacial score (nSPS) is 32.1. The van der Waals surface area contributed by atoms with Gasteiger partial charge < -0.3 is 9.47 Å². The van der Waals surface area contributed by atoms with Gasteiger partial charge in [0.05, 0.1) is 18.4 Å². The Labute approximate surface area is 61.7 Å². The molecule has 1 fully saturated rings. The van der Waals surface area contributed by atoms with E-state index in [0.717, 1.165) is 6.54 Å². The Hall–Kier alpha value is -0.120. The molecule has 1 saturated heterocycles. The summed E-state index contributed by atoms with van der Waals surface area (Å²) in [5.41, 5.74) is -0.139. The van der Waals surface area contributed by atoms with Gasteiger partial charge in [-0.15, -0.1) is 0 Å². The van der Waals surface area contributed by atoms with E-state index >= 15 is 0 Å². The quantitative estimate of drug-likeness (QED) is 0.578. The van der Waals surface area contributed by atoms with Crippen molar-refractivity contribution in [3.05, 3.63) is 0 Å². The SMILES string of the molecule is COC1CNCOC1(C)C. The summed E-state index contributed by atoms with van der Waals surface area (Å²) in [6, 6.07) is 0. The minimum atomic E-state index is -0.139. The molecule has 3 nitrogen and oxygen atoms in total. The molecule has 0 spiro atoms. The number of nitrogens with one attached hydrogen (secondary N) is 1. The van der Waals surface area contributed by atoms with Crippen LogP contribution in [0.15, 0.2) is 0 Å². The third-order valence-electron chi connectivity index (χ3n) is 1.94. The zero-order valence-corrected chi connectivity index (χ0v) is 6.81. The van der Waals surface area contributed by atoms with Crippen LogP contribution in [0.1, 0.15) is 13.8 Å². The largest absolute Gasteiger partial charge is 0.377 e. The molecule has 1 unspecified atom stereocenters. The Morgan fingerprint density at radius 1 is 1.60 bits per heavy atom. The molecule has 0 radical (unpaired) electrons. The Morgan fingerprint density at radius 2 is 2.30 bits per heavy atom. The first-order valence-electron chi connectivity index (χ1n) is 3.54. The molecule has 1 N–H and O–H groups in total. The van der Waals surface area contributed by atoms with Gasteiger partial charge in [-0.2, -0.15) is 0 Å². The van der Waals surface area contributed by atoms with Gasteiger partial charge in [-0.25, -0.2) is 0 Å². The lowest BCUT2D eigenvalue weighted by atomic mass is 10.0. The maximum atomic E-state index is 5.43. The maximum Gasteiger partial charge on any atom is 0.0980 e. The highest BCUT2D eigenvalue weighted by atomic mass is 16.6. The Kier molecular flexibility index (Phi) is 2.28. The lowest BCUT2D eigenvalue weighted by Crippen LogP contribution is -2.53. The molecule has 3 heteroatoms. The van der Waals surface area contributed by atoms with Gasteiger partial charge in [-0.05, 0) is 13.8 Å². The van der Waals surface area contributed by atoms with Crippen molar-refractivity contribution in [2.24, 2.45) is 0 Å². The molecular formula is C7H15NO2. The maximum absolute atomic E-state index is 5.43. The van der Waals surface area contributed by atoms with Crippen molar-refractivity contribution in [3.8, 4) is 0 Å². The first-order valence-corrected chi connectivity index (χ1v) is 3.54. The fraction of sp³-hybridized carbons (Fsp3) is 1.00. The number of rotatable bonds is 1. The van der Waals surface area contributed by atoms with E-state index in [9.17, 15) is 0 Å². The van der Waals surface area contributed by atoms with Crippen LogP contribution in [0.4, 0.5) is 0 Å². The van der Waals surface area contributed by atoms with Crippen molar-refractivity contribution in [2.45, 2.75) is 25.6 Å². The average Bonchev–Trinajstić information content (AvgIpc) is 1.87. The van der Waals surface area contributed by atoms with Gasteiger partial charge in [0.15, 0.2) is 0 Å². The molecule has 1 atom stereocenters. The molecule has 1 aliphatic rings. The molecule has 1 heterocycles. The van der Waals surface area contributed by atoms with Gasteiger partial charge in [0.1, 0.15) is 0 Å². The summed E-state index contributed by atoms with van der Waals surface area (Å²) in [6.45, 7) is 5.60. The molecule has 0 aromatic carbocycles. The number of ether oxygens (including phenoxy) is 2. The summed E-state index contributed by atoms with van der Waals surface area (Å²) >= 11 is 0. The molecule has 0 saturated carbocycles. The number of hydrogen-bond acceptors (Lipinski definition) is 3. The summed E-state index contributed by atoms with van der Waals surface area (Å²) in [7, 11) is 1.71. The second kappa shape index (κ2) is 2.86. The number of hydrogen-bond donors (Lipinski definition) is 1. The van der Waals surface area contributed by atoms with Crippen molar-refractivity contribution in [1.29, 1.82) is 0 Å². The zero-order chi connectivity index (χ0) is 7.61. The van der Waals surface area contributed by atoms with Crippen LogP contribution in [0.3, 0.4) is 0 Å². The van der Waals surface area contributed by atoms with Crippen LogP contribution in [0, 0.1) is 0 Å². The summed E-state index contributed by atoms with van der Waals surface area (Å²) < 4.78 is 10.7. The molecule has 0 aromatic heterocycles. The predicted octanol–water partition coefficient (Wildman–Crippen LogP) is 0.357. The molecule has 1 rings (SSSR count). The highest BCUT2D eigenvalue weighted by Crippen LogP contribution is 2.18. The minimum absolute atomic E-state index is 0.139. The van der Waals surface area contributed by atoms with Crippen LogP contribution >= 0.6 is 0 Å². The van der Waals surface area contributed by atoms with Gasteiger partial charge in [-0.1, -0.05) is 0 Å². The van der Waals surface area contributed by atoms with Crippen molar-refractivity contribution in [3.63, 3.8) is 0 Å². The summed E-state index contributed by atoms with van der Waals surface area (Å²) in [5.74, 6) is 0. The first-order chi connectivity index (χ1) is 4.67. The van der Waals surface area contributed by atoms with Crippen molar-refractivity contribution < 1.29 is 9.47 Å². The minimum Gasteiger partial charge on any atom is -0.377 e. The summed E-state index contributed by atoms with van der Waals surface area (Å²) in [5, 5.41) is 3.09. The van der Waals surface area contributed by atoms with Gasteiger partial charge >= 0.3 is 0 Å². The molecule has 10 heavy (non-hydrogen) atoms. The van der Waals surface area contributed by atoms with Crippen LogP contribution in [-0.4, -0.2) is 32.1 Å². The highest BCUT2D eigenvalue weighted by Gasteiger charge is 2.33. The van der Waals surface area contributed by atoms with Crippen LogP contribution < -0.4 is 5.32 Å². The Balaban J connectivity index is 2.51. The molecule has 0 aromatic rings. The van der Waals surface area contributed by atoms with Crippen LogP contribution in [0.25, 0.3) is 0 Å². The average molecular weight is 145 g/mol. The van der Waals surface area contributed by atoms with Crippen molar-refractivity contribution in [1.82, 2.24) is 5.32 Å². The van der Waals surface area contributed by atoms with Crippen LogP contribution in [0.2, 0.25) is 0 Å². The monoisotopic (exact) mass is 145 g/mol. The zero-order valence-electron chi connectivity index (χ0n) is 6.81. The molecular weight excluding hydrogens is 130 g/mol. The van der Waals surface area contributed by atoms with Gasteiger partial charge in [0, 0.05) is 13.7 Å². The van der Waals surface area contributed by atoms with Crippen molar-refractivity contribution in [2.75, 3.05) is 20.4 Å². The van der Waals surface area contributed by atoms with E-state index in [0.29, 0.717) is 6.73 Å². The Bertz CT molecular complexity index is 114.